The van der Waals surface area contributed by atoms with Crippen molar-refractivity contribution in [2.75, 3.05) is 33.2 Å². The SMILES string of the molecule is CN(Cc1cn[nH]n1)C(=O)N1C[C@H]2CCN(C(=O)C=Cc3ccc(OC(F)(F)F)c(F)c3)CC[C@H]2C1. The Labute approximate surface area is 204 Å². The molecule has 36 heavy (non-hydrogen) atoms. The van der Waals surface area contributed by atoms with Gasteiger partial charge in [0.2, 0.25) is 5.91 Å². The molecule has 2 fully saturated rings. The van der Waals surface area contributed by atoms with Crippen LogP contribution < -0.4 is 4.74 Å². The van der Waals surface area contributed by atoms with E-state index in [-0.39, 0.29) is 29.3 Å². The van der Waals surface area contributed by atoms with Crippen molar-refractivity contribution in [3.63, 3.8) is 0 Å². The van der Waals surface area contributed by atoms with E-state index in [0.29, 0.717) is 38.4 Å². The topological polar surface area (TPSA) is 94.7 Å². The molecule has 1 N–H and O–H groups in total. The standard InChI is InChI=1S/C23H26F4N6O3/c1-31(14-18-11-28-30-29-18)22(35)33-12-16-6-8-32(9-7-17(16)13-33)21(34)5-3-15-2-4-20(19(24)10-15)36-23(25,26)27/h2-5,10-11,16-17H,6-9,12-14H2,1H3,(H,28,29,30)/t16-,17+. The summed E-state index contributed by atoms with van der Waals surface area (Å²) >= 11 is 0. The van der Waals surface area contributed by atoms with Gasteiger partial charge in [-0.25, -0.2) is 9.18 Å². The Morgan fingerprint density at radius 2 is 1.89 bits per heavy atom. The second kappa shape index (κ2) is 10.5. The van der Waals surface area contributed by atoms with E-state index in [4.69, 9.17) is 0 Å². The molecule has 3 amide bonds. The number of ether oxygens (including phenoxy) is 1. The molecule has 3 heterocycles. The van der Waals surface area contributed by atoms with E-state index < -0.39 is 17.9 Å². The van der Waals surface area contributed by atoms with Gasteiger partial charge in [0.05, 0.1) is 12.7 Å². The summed E-state index contributed by atoms with van der Waals surface area (Å²) in [5.41, 5.74) is 0.917. The normalized spacial score (nSPS) is 20.4. The van der Waals surface area contributed by atoms with Gasteiger partial charge in [-0.1, -0.05) is 6.07 Å². The third-order valence-electron chi connectivity index (χ3n) is 6.49. The third-order valence-corrected chi connectivity index (χ3v) is 6.49. The van der Waals surface area contributed by atoms with Crippen molar-refractivity contribution in [1.29, 1.82) is 0 Å². The number of aromatic nitrogens is 3. The third kappa shape index (κ3) is 6.32. The largest absolute Gasteiger partial charge is 0.573 e. The van der Waals surface area contributed by atoms with E-state index in [1.807, 2.05) is 4.90 Å². The summed E-state index contributed by atoms with van der Waals surface area (Å²) in [6, 6.07) is 2.92. The predicted molar refractivity (Wildman–Crippen MR) is 120 cm³/mol. The first kappa shape index (κ1) is 25.5. The lowest BCUT2D eigenvalue weighted by molar-refractivity contribution is -0.275. The molecule has 1 aromatic heterocycles. The summed E-state index contributed by atoms with van der Waals surface area (Å²) in [6.07, 6.45) is 0.732. The molecule has 0 aliphatic carbocycles. The lowest BCUT2D eigenvalue weighted by Crippen LogP contribution is -2.40. The lowest BCUT2D eigenvalue weighted by atomic mass is 9.92. The van der Waals surface area contributed by atoms with Crippen LogP contribution in [0.5, 0.6) is 5.75 Å². The van der Waals surface area contributed by atoms with Crippen LogP contribution in [0.4, 0.5) is 22.4 Å². The molecule has 2 aromatic rings. The molecule has 0 bridgehead atoms. The lowest BCUT2D eigenvalue weighted by Gasteiger charge is -2.25. The van der Waals surface area contributed by atoms with Crippen LogP contribution in [0, 0.1) is 17.7 Å². The second-order valence-corrected chi connectivity index (χ2v) is 9.00. The number of fused-ring (bicyclic) bond motifs is 1. The van der Waals surface area contributed by atoms with Gasteiger partial charge in [0.25, 0.3) is 0 Å². The zero-order valence-electron chi connectivity index (χ0n) is 19.5. The van der Waals surface area contributed by atoms with E-state index in [0.717, 1.165) is 25.0 Å². The minimum atomic E-state index is -4.99. The molecule has 2 aliphatic rings. The maximum atomic E-state index is 13.9. The van der Waals surface area contributed by atoms with Gasteiger partial charge in [-0.05, 0) is 48.4 Å². The van der Waals surface area contributed by atoms with Crippen LogP contribution in [0.25, 0.3) is 6.08 Å². The quantitative estimate of drug-likeness (QED) is 0.492. The van der Waals surface area contributed by atoms with Gasteiger partial charge in [-0.2, -0.15) is 15.4 Å². The number of likely N-dealkylation sites (tertiary alicyclic amines) is 2. The molecule has 194 valence electrons. The van der Waals surface area contributed by atoms with Crippen molar-refractivity contribution in [1.82, 2.24) is 30.1 Å². The molecular formula is C23H26F4N6O3. The molecule has 4 rings (SSSR count). The number of halogens is 4. The smallest absolute Gasteiger partial charge is 0.403 e. The summed E-state index contributed by atoms with van der Waals surface area (Å²) in [6.45, 7) is 2.64. The number of rotatable bonds is 5. The summed E-state index contributed by atoms with van der Waals surface area (Å²) in [5.74, 6) is -1.79. The number of carbonyl (C=O) groups is 2. The van der Waals surface area contributed by atoms with Crippen LogP contribution in [0.15, 0.2) is 30.5 Å². The number of aromatic amines is 1. The predicted octanol–water partition coefficient (Wildman–Crippen LogP) is 3.28. The zero-order chi connectivity index (χ0) is 25.9. The van der Waals surface area contributed by atoms with Crippen LogP contribution in [-0.4, -0.2) is 81.6 Å². The molecule has 0 saturated carbocycles. The molecule has 9 nitrogen and oxygen atoms in total. The number of alkyl halides is 3. The fraction of sp³-hybridized carbons (Fsp3) is 0.478. The zero-order valence-corrected chi connectivity index (χ0v) is 19.5. The molecular weight excluding hydrogens is 484 g/mol. The number of urea groups is 1. The van der Waals surface area contributed by atoms with Crippen molar-refractivity contribution in [3.8, 4) is 5.75 Å². The van der Waals surface area contributed by atoms with E-state index in [2.05, 4.69) is 20.1 Å². The molecule has 1 aromatic carbocycles. The van der Waals surface area contributed by atoms with Gasteiger partial charge in [-0.15, -0.1) is 13.2 Å². The van der Waals surface area contributed by atoms with Gasteiger partial charge in [0, 0.05) is 39.3 Å². The Hall–Kier alpha value is -3.64. The molecule has 2 atom stereocenters. The molecule has 0 radical (unpaired) electrons. The Morgan fingerprint density at radius 1 is 1.19 bits per heavy atom. The maximum absolute atomic E-state index is 13.9. The fourth-order valence-electron chi connectivity index (χ4n) is 4.68. The number of nitrogens with zero attached hydrogens (tertiary/aromatic N) is 5. The average Bonchev–Trinajstić information content (AvgIpc) is 3.43. The molecule has 0 unspecified atom stereocenters. The van der Waals surface area contributed by atoms with E-state index in [1.165, 1.54) is 18.2 Å². The highest BCUT2D eigenvalue weighted by atomic mass is 19.4. The maximum Gasteiger partial charge on any atom is 0.573 e. The Bertz CT molecular complexity index is 1090. The summed E-state index contributed by atoms with van der Waals surface area (Å²) in [5, 5.41) is 10.2. The highest BCUT2D eigenvalue weighted by Gasteiger charge is 2.38. The Balaban J connectivity index is 1.28. The number of hydrogen-bond acceptors (Lipinski definition) is 5. The summed E-state index contributed by atoms with van der Waals surface area (Å²) in [4.78, 5) is 30.7. The van der Waals surface area contributed by atoms with E-state index >= 15 is 0 Å². The Kier molecular flexibility index (Phi) is 7.45. The Morgan fingerprint density at radius 3 is 2.47 bits per heavy atom. The average molecular weight is 510 g/mol. The van der Waals surface area contributed by atoms with E-state index in [1.54, 1.807) is 23.0 Å². The van der Waals surface area contributed by atoms with Gasteiger partial charge in [0.1, 0.15) is 5.69 Å². The van der Waals surface area contributed by atoms with E-state index in [9.17, 15) is 27.2 Å². The molecule has 2 saturated heterocycles. The fourth-order valence-corrected chi connectivity index (χ4v) is 4.68. The number of H-pyrrole nitrogens is 1. The van der Waals surface area contributed by atoms with Crippen LogP contribution >= 0.6 is 0 Å². The first-order chi connectivity index (χ1) is 17.1. The van der Waals surface area contributed by atoms with Crippen molar-refractivity contribution in [2.45, 2.75) is 25.7 Å². The van der Waals surface area contributed by atoms with Crippen molar-refractivity contribution >= 4 is 18.0 Å². The number of amides is 3. The van der Waals surface area contributed by atoms with Gasteiger partial charge in [0.15, 0.2) is 11.6 Å². The number of carbonyl (C=O) groups excluding carboxylic acids is 2. The van der Waals surface area contributed by atoms with Gasteiger partial charge in [-0.3, -0.25) is 4.79 Å². The van der Waals surface area contributed by atoms with Gasteiger partial charge < -0.3 is 19.4 Å². The van der Waals surface area contributed by atoms with Crippen LogP contribution in [-0.2, 0) is 11.3 Å². The minimum Gasteiger partial charge on any atom is -0.403 e. The van der Waals surface area contributed by atoms with Crippen LogP contribution in [0.3, 0.4) is 0 Å². The highest BCUT2D eigenvalue weighted by molar-refractivity contribution is 5.91. The summed E-state index contributed by atoms with van der Waals surface area (Å²) < 4.78 is 54.3. The molecule has 2 aliphatic heterocycles. The minimum absolute atomic E-state index is 0.0687. The number of benzene rings is 1. The van der Waals surface area contributed by atoms with Crippen LogP contribution in [0.2, 0.25) is 0 Å². The number of hydrogen-bond donors (Lipinski definition) is 1. The first-order valence-electron chi connectivity index (χ1n) is 11.5. The molecule has 13 heteroatoms. The molecule has 0 spiro atoms. The summed E-state index contributed by atoms with van der Waals surface area (Å²) in [7, 11) is 1.72. The monoisotopic (exact) mass is 510 g/mol. The van der Waals surface area contributed by atoms with Crippen LogP contribution in [0.1, 0.15) is 24.1 Å². The number of nitrogens with one attached hydrogen (secondary N) is 1. The van der Waals surface area contributed by atoms with Gasteiger partial charge >= 0.3 is 12.4 Å². The first-order valence-corrected chi connectivity index (χ1v) is 11.5. The second-order valence-electron chi connectivity index (χ2n) is 9.00. The van der Waals surface area contributed by atoms with Crippen molar-refractivity contribution in [3.05, 3.63) is 47.5 Å². The highest BCUT2D eigenvalue weighted by Crippen LogP contribution is 2.32. The van der Waals surface area contributed by atoms with Crippen molar-refractivity contribution < 1.29 is 31.9 Å². The van der Waals surface area contributed by atoms with Crippen molar-refractivity contribution in [2.24, 2.45) is 11.8 Å².